The van der Waals surface area contributed by atoms with E-state index in [-0.39, 0.29) is 22.1 Å². The lowest BCUT2D eigenvalue weighted by Crippen LogP contribution is -2.17. The number of halogens is 2. The molecular formula is C20H17ClFN3O3S. The van der Waals surface area contributed by atoms with Gasteiger partial charge in [0.1, 0.15) is 10.8 Å². The van der Waals surface area contributed by atoms with Crippen LogP contribution in [0, 0.1) is 15.9 Å². The molecule has 0 aliphatic carbocycles. The fourth-order valence-corrected chi connectivity index (χ4v) is 4.27. The quantitative estimate of drug-likeness (QED) is 0.407. The lowest BCUT2D eigenvalue weighted by Gasteiger charge is -2.08. The number of thiazole rings is 1. The van der Waals surface area contributed by atoms with Gasteiger partial charge in [0.25, 0.3) is 11.6 Å². The van der Waals surface area contributed by atoms with E-state index in [2.05, 4.69) is 4.99 Å². The Morgan fingerprint density at radius 3 is 2.52 bits per heavy atom. The summed E-state index contributed by atoms with van der Waals surface area (Å²) in [6.45, 7) is 4.47. The van der Waals surface area contributed by atoms with E-state index in [0.29, 0.717) is 17.8 Å². The third-order valence-electron chi connectivity index (χ3n) is 4.32. The first-order chi connectivity index (χ1) is 13.8. The second kappa shape index (κ2) is 8.67. The molecule has 1 amide bonds. The van der Waals surface area contributed by atoms with Gasteiger partial charge in [-0.05, 0) is 55.3 Å². The maximum atomic E-state index is 13.3. The summed E-state index contributed by atoms with van der Waals surface area (Å²) in [4.78, 5) is 28.8. The van der Waals surface area contributed by atoms with Crippen LogP contribution in [0.4, 0.5) is 10.1 Å². The van der Waals surface area contributed by atoms with E-state index in [9.17, 15) is 19.3 Å². The number of carbonyl (C=O) groups excluding carboxylic acids is 1. The first kappa shape index (κ1) is 20.9. The van der Waals surface area contributed by atoms with Gasteiger partial charge in [0.2, 0.25) is 0 Å². The number of carbonyl (C=O) groups is 1. The van der Waals surface area contributed by atoms with E-state index in [4.69, 9.17) is 11.6 Å². The van der Waals surface area contributed by atoms with Crippen LogP contribution < -0.4 is 4.80 Å². The van der Waals surface area contributed by atoms with Crippen molar-refractivity contribution < 1.29 is 14.1 Å². The summed E-state index contributed by atoms with van der Waals surface area (Å²) in [5, 5.41) is 11.0. The van der Waals surface area contributed by atoms with Crippen LogP contribution in [0.25, 0.3) is 11.3 Å². The molecule has 0 unspecified atom stereocenters. The summed E-state index contributed by atoms with van der Waals surface area (Å²) >= 11 is 7.18. The standard InChI is InChI=1S/C20H17ClFN3O3S/c1-3-17-18(12-5-8-14(22)9-6-12)24(4-2)20(29-17)23-19(26)13-7-10-15(21)16(11-13)25(27)28/h5-11H,3-4H2,1-2H3. The van der Waals surface area contributed by atoms with Gasteiger partial charge in [0, 0.05) is 23.1 Å². The third kappa shape index (κ3) is 4.28. The minimum Gasteiger partial charge on any atom is -0.316 e. The van der Waals surface area contributed by atoms with E-state index in [1.807, 2.05) is 18.4 Å². The molecule has 3 aromatic rings. The molecule has 9 heteroatoms. The highest BCUT2D eigenvalue weighted by Crippen LogP contribution is 2.28. The first-order valence-electron chi connectivity index (χ1n) is 8.87. The van der Waals surface area contributed by atoms with Crippen LogP contribution in [-0.4, -0.2) is 15.4 Å². The predicted octanol–water partition coefficient (Wildman–Crippen LogP) is 5.24. The van der Waals surface area contributed by atoms with Gasteiger partial charge in [0.05, 0.1) is 10.6 Å². The lowest BCUT2D eigenvalue weighted by molar-refractivity contribution is -0.384. The minimum atomic E-state index is -0.641. The summed E-state index contributed by atoms with van der Waals surface area (Å²) in [6.07, 6.45) is 0.716. The van der Waals surface area contributed by atoms with Crippen molar-refractivity contribution in [2.75, 3.05) is 0 Å². The van der Waals surface area contributed by atoms with Gasteiger partial charge in [-0.1, -0.05) is 18.5 Å². The molecule has 0 fully saturated rings. The molecule has 2 aromatic carbocycles. The topological polar surface area (TPSA) is 77.5 Å². The van der Waals surface area contributed by atoms with Crippen LogP contribution in [0.1, 0.15) is 29.1 Å². The molecule has 0 saturated carbocycles. The van der Waals surface area contributed by atoms with Crippen molar-refractivity contribution in [2.24, 2.45) is 4.99 Å². The highest BCUT2D eigenvalue weighted by Gasteiger charge is 2.18. The fraction of sp³-hybridized carbons (Fsp3) is 0.200. The Kier molecular flexibility index (Phi) is 6.24. The van der Waals surface area contributed by atoms with E-state index < -0.39 is 10.8 Å². The Bertz CT molecular complexity index is 1150. The lowest BCUT2D eigenvalue weighted by atomic mass is 10.1. The number of hydrogen-bond acceptors (Lipinski definition) is 4. The summed E-state index contributed by atoms with van der Waals surface area (Å²) in [5.74, 6) is -0.920. The summed E-state index contributed by atoms with van der Waals surface area (Å²) < 4.78 is 15.2. The fourth-order valence-electron chi connectivity index (χ4n) is 2.94. The first-order valence-corrected chi connectivity index (χ1v) is 10.1. The number of benzene rings is 2. The van der Waals surface area contributed by atoms with Gasteiger partial charge >= 0.3 is 0 Å². The molecule has 0 radical (unpaired) electrons. The summed E-state index contributed by atoms with van der Waals surface area (Å²) in [7, 11) is 0. The smallest absolute Gasteiger partial charge is 0.288 e. The molecule has 0 aliphatic heterocycles. The molecule has 0 aliphatic rings. The molecule has 0 saturated heterocycles. The Hall–Kier alpha value is -2.84. The van der Waals surface area contributed by atoms with E-state index in [0.717, 1.165) is 22.2 Å². The molecule has 3 rings (SSSR count). The average molecular weight is 434 g/mol. The average Bonchev–Trinajstić information content (AvgIpc) is 3.05. The largest absolute Gasteiger partial charge is 0.316 e. The minimum absolute atomic E-state index is 0.0434. The second-order valence-corrected chi connectivity index (χ2v) is 7.57. The normalized spacial score (nSPS) is 11.7. The predicted molar refractivity (Wildman–Crippen MR) is 111 cm³/mol. The van der Waals surface area contributed by atoms with Crippen molar-refractivity contribution >= 4 is 34.5 Å². The van der Waals surface area contributed by atoms with Crippen molar-refractivity contribution in [1.82, 2.24) is 4.57 Å². The van der Waals surface area contributed by atoms with Crippen LogP contribution in [0.3, 0.4) is 0 Å². The molecule has 0 N–H and O–H groups in total. The number of hydrogen-bond donors (Lipinski definition) is 0. The summed E-state index contributed by atoms with van der Waals surface area (Å²) in [6, 6.07) is 10.0. The SMILES string of the molecule is CCc1sc(=NC(=O)c2ccc(Cl)c([N+](=O)[O-])c2)n(CC)c1-c1ccc(F)cc1. The maximum Gasteiger partial charge on any atom is 0.288 e. The molecule has 29 heavy (non-hydrogen) atoms. The second-order valence-electron chi connectivity index (χ2n) is 6.10. The van der Waals surface area contributed by atoms with Crippen molar-refractivity contribution in [3.63, 3.8) is 0 Å². The van der Waals surface area contributed by atoms with Crippen molar-refractivity contribution in [3.8, 4) is 11.3 Å². The van der Waals surface area contributed by atoms with Crippen LogP contribution in [-0.2, 0) is 13.0 Å². The Labute approximate surface area is 175 Å². The van der Waals surface area contributed by atoms with Crippen molar-refractivity contribution in [2.45, 2.75) is 26.8 Å². The molecular weight excluding hydrogens is 417 g/mol. The van der Waals surface area contributed by atoms with E-state index >= 15 is 0 Å². The van der Waals surface area contributed by atoms with Gasteiger partial charge in [-0.2, -0.15) is 4.99 Å². The zero-order chi connectivity index (χ0) is 21.1. The highest BCUT2D eigenvalue weighted by atomic mass is 35.5. The van der Waals surface area contributed by atoms with E-state index in [1.165, 1.54) is 35.6 Å². The molecule has 0 bridgehead atoms. The molecule has 1 heterocycles. The third-order valence-corrected chi connectivity index (χ3v) is 5.86. The van der Waals surface area contributed by atoms with Gasteiger partial charge in [-0.3, -0.25) is 14.9 Å². The van der Waals surface area contributed by atoms with Crippen LogP contribution >= 0.6 is 22.9 Å². The molecule has 6 nitrogen and oxygen atoms in total. The molecule has 0 spiro atoms. The molecule has 1 aromatic heterocycles. The van der Waals surface area contributed by atoms with Crippen molar-refractivity contribution in [1.29, 1.82) is 0 Å². The number of rotatable bonds is 5. The van der Waals surface area contributed by atoms with Gasteiger partial charge in [-0.15, -0.1) is 11.3 Å². The van der Waals surface area contributed by atoms with Crippen molar-refractivity contribution in [3.05, 3.63) is 78.7 Å². The van der Waals surface area contributed by atoms with Gasteiger partial charge in [0.15, 0.2) is 4.80 Å². The number of aryl methyl sites for hydroxylation is 1. The highest BCUT2D eigenvalue weighted by molar-refractivity contribution is 7.09. The van der Waals surface area contributed by atoms with Crippen LogP contribution in [0.5, 0.6) is 0 Å². The zero-order valence-corrected chi connectivity index (χ0v) is 17.3. The number of nitro benzene ring substituents is 1. The monoisotopic (exact) mass is 433 g/mol. The maximum absolute atomic E-state index is 13.3. The molecule has 150 valence electrons. The van der Waals surface area contributed by atoms with Crippen LogP contribution in [0.15, 0.2) is 47.5 Å². The van der Waals surface area contributed by atoms with Gasteiger partial charge in [-0.25, -0.2) is 4.39 Å². The Morgan fingerprint density at radius 2 is 1.93 bits per heavy atom. The summed E-state index contributed by atoms with van der Waals surface area (Å²) in [5.41, 5.74) is 1.45. The van der Waals surface area contributed by atoms with Gasteiger partial charge < -0.3 is 4.57 Å². The zero-order valence-electron chi connectivity index (χ0n) is 15.7. The Morgan fingerprint density at radius 1 is 1.24 bits per heavy atom. The number of aromatic nitrogens is 1. The number of nitrogens with zero attached hydrogens (tertiary/aromatic N) is 3. The van der Waals surface area contributed by atoms with E-state index in [1.54, 1.807) is 12.1 Å². The number of amides is 1. The van der Waals surface area contributed by atoms with Crippen LogP contribution in [0.2, 0.25) is 5.02 Å². The Balaban J connectivity index is 2.12. The molecule has 0 atom stereocenters. The number of nitro groups is 1.